The molecule has 0 amide bonds. The van der Waals surface area contributed by atoms with Gasteiger partial charge in [-0.3, -0.25) is 4.90 Å². The van der Waals surface area contributed by atoms with E-state index in [4.69, 9.17) is 5.73 Å². The van der Waals surface area contributed by atoms with E-state index in [2.05, 4.69) is 4.90 Å². The Kier molecular flexibility index (Phi) is 4.29. The summed E-state index contributed by atoms with van der Waals surface area (Å²) in [5.41, 5.74) is 7.30. The molecule has 1 saturated carbocycles. The molecule has 2 unspecified atom stereocenters. The molecule has 0 bridgehead atoms. The third-order valence-electron chi connectivity index (χ3n) is 5.29. The summed E-state index contributed by atoms with van der Waals surface area (Å²) in [6.45, 7) is 2.97. The van der Waals surface area contributed by atoms with E-state index in [1.807, 2.05) is 0 Å². The monoisotopic (exact) mass is 292 g/mol. The predicted octanol–water partition coefficient (Wildman–Crippen LogP) is 2.41. The minimum absolute atomic E-state index is 0.201. The van der Waals surface area contributed by atoms with Crippen LogP contribution in [-0.4, -0.2) is 28.7 Å². The van der Waals surface area contributed by atoms with E-state index >= 15 is 0 Å². The Morgan fingerprint density at radius 3 is 2.95 bits per heavy atom. The first kappa shape index (κ1) is 14.9. The maximum atomic E-state index is 13.5. The Hall–Kier alpha value is -0.970. The molecule has 0 aromatic heterocycles. The zero-order chi connectivity index (χ0) is 14.9. The van der Waals surface area contributed by atoms with E-state index in [0.717, 1.165) is 56.4 Å². The molecular weight excluding hydrogens is 267 g/mol. The third-order valence-corrected chi connectivity index (χ3v) is 5.29. The number of hydrogen-bond acceptors (Lipinski definition) is 3. The molecule has 116 valence electrons. The molecule has 3 rings (SSSR count). The molecular formula is C17H25FN2O. The largest absolute Gasteiger partial charge is 0.390 e. The average molecular weight is 292 g/mol. The maximum Gasteiger partial charge on any atom is 0.123 e. The highest BCUT2D eigenvalue weighted by Crippen LogP contribution is 2.40. The molecule has 1 saturated heterocycles. The molecule has 1 aliphatic carbocycles. The van der Waals surface area contributed by atoms with Crippen LogP contribution >= 0.6 is 0 Å². The first-order chi connectivity index (χ1) is 10.1. The first-order valence-corrected chi connectivity index (χ1v) is 8.03. The lowest BCUT2D eigenvalue weighted by Crippen LogP contribution is -2.53. The topological polar surface area (TPSA) is 49.5 Å². The van der Waals surface area contributed by atoms with Gasteiger partial charge in [-0.1, -0.05) is 18.9 Å². The Morgan fingerprint density at radius 1 is 1.29 bits per heavy atom. The van der Waals surface area contributed by atoms with Gasteiger partial charge in [0.2, 0.25) is 0 Å². The molecule has 4 heteroatoms. The van der Waals surface area contributed by atoms with Crippen molar-refractivity contribution in [2.24, 2.45) is 11.7 Å². The molecule has 2 aliphatic rings. The Morgan fingerprint density at radius 2 is 2.14 bits per heavy atom. The second kappa shape index (κ2) is 6.03. The summed E-state index contributed by atoms with van der Waals surface area (Å²) in [4.78, 5) is 2.35. The molecule has 1 aromatic carbocycles. The smallest absolute Gasteiger partial charge is 0.123 e. The Bertz CT molecular complexity index is 508. The van der Waals surface area contributed by atoms with E-state index in [9.17, 15) is 9.50 Å². The van der Waals surface area contributed by atoms with Crippen LogP contribution in [0.3, 0.4) is 0 Å². The van der Waals surface area contributed by atoms with E-state index < -0.39 is 5.60 Å². The number of hydrogen-bond donors (Lipinski definition) is 2. The number of aliphatic hydroxyl groups is 1. The van der Waals surface area contributed by atoms with E-state index in [1.54, 1.807) is 12.1 Å². The minimum atomic E-state index is -0.451. The van der Waals surface area contributed by atoms with Gasteiger partial charge in [0.1, 0.15) is 5.82 Å². The van der Waals surface area contributed by atoms with Crippen LogP contribution in [0.5, 0.6) is 0 Å². The molecule has 0 spiro atoms. The predicted molar refractivity (Wildman–Crippen MR) is 81.1 cm³/mol. The minimum Gasteiger partial charge on any atom is -0.390 e. The lowest BCUT2D eigenvalue weighted by molar-refractivity contribution is -0.0968. The van der Waals surface area contributed by atoms with Crippen molar-refractivity contribution in [3.05, 3.63) is 35.1 Å². The van der Waals surface area contributed by atoms with Crippen molar-refractivity contribution in [1.29, 1.82) is 0 Å². The van der Waals surface area contributed by atoms with Gasteiger partial charge in [-0.2, -0.15) is 0 Å². The lowest BCUT2D eigenvalue weighted by Gasteiger charge is -2.47. The highest BCUT2D eigenvalue weighted by Gasteiger charge is 2.42. The summed E-state index contributed by atoms with van der Waals surface area (Å²) in [6, 6.07) is 4.86. The van der Waals surface area contributed by atoms with Gasteiger partial charge < -0.3 is 10.8 Å². The van der Waals surface area contributed by atoms with Gasteiger partial charge in [0, 0.05) is 32.1 Å². The number of halogens is 1. The van der Waals surface area contributed by atoms with E-state index in [0.29, 0.717) is 12.5 Å². The molecule has 21 heavy (non-hydrogen) atoms. The van der Waals surface area contributed by atoms with Gasteiger partial charge in [0.25, 0.3) is 0 Å². The number of likely N-dealkylation sites (tertiary alicyclic amines) is 1. The van der Waals surface area contributed by atoms with Gasteiger partial charge in [0.05, 0.1) is 5.60 Å². The summed E-state index contributed by atoms with van der Waals surface area (Å²) in [6.07, 6.45) is 5.26. The zero-order valence-electron chi connectivity index (χ0n) is 12.5. The Labute approximate surface area is 125 Å². The van der Waals surface area contributed by atoms with Crippen molar-refractivity contribution in [3.8, 4) is 0 Å². The van der Waals surface area contributed by atoms with Gasteiger partial charge in [-0.05, 0) is 42.5 Å². The third kappa shape index (κ3) is 3.12. The van der Waals surface area contributed by atoms with Gasteiger partial charge in [-0.15, -0.1) is 0 Å². The number of benzene rings is 1. The standard InChI is InChI=1S/C17H25FN2O/c18-16-5-4-13(10-19)14(9-16)11-20-8-7-17(21)6-2-1-3-15(17)12-20/h4-5,9,15,21H,1-3,6-8,10-12,19H2. The van der Waals surface area contributed by atoms with Crippen molar-refractivity contribution >= 4 is 0 Å². The summed E-state index contributed by atoms with van der Waals surface area (Å²) >= 11 is 0. The van der Waals surface area contributed by atoms with Crippen molar-refractivity contribution in [3.63, 3.8) is 0 Å². The molecule has 1 heterocycles. The van der Waals surface area contributed by atoms with Gasteiger partial charge in [-0.25, -0.2) is 4.39 Å². The second-order valence-electron chi connectivity index (χ2n) is 6.65. The van der Waals surface area contributed by atoms with E-state index in [-0.39, 0.29) is 5.82 Å². The fraction of sp³-hybridized carbons (Fsp3) is 0.647. The number of fused-ring (bicyclic) bond motifs is 1. The average Bonchev–Trinajstić information content (AvgIpc) is 2.48. The number of piperidine rings is 1. The van der Waals surface area contributed by atoms with Crippen molar-refractivity contribution in [2.45, 2.75) is 50.8 Å². The molecule has 3 N–H and O–H groups in total. The normalized spacial score (nSPS) is 30.1. The summed E-state index contributed by atoms with van der Waals surface area (Å²) in [5, 5.41) is 10.7. The summed E-state index contributed by atoms with van der Waals surface area (Å²) < 4.78 is 13.5. The molecule has 2 atom stereocenters. The number of nitrogens with two attached hydrogens (primary N) is 1. The van der Waals surface area contributed by atoms with Crippen molar-refractivity contribution < 1.29 is 9.50 Å². The van der Waals surface area contributed by atoms with Crippen LogP contribution in [-0.2, 0) is 13.1 Å². The van der Waals surface area contributed by atoms with Crippen molar-refractivity contribution in [2.75, 3.05) is 13.1 Å². The highest BCUT2D eigenvalue weighted by molar-refractivity contribution is 5.27. The molecule has 3 nitrogen and oxygen atoms in total. The summed E-state index contributed by atoms with van der Waals surface area (Å²) in [5.74, 6) is 0.170. The second-order valence-corrected chi connectivity index (χ2v) is 6.65. The molecule has 1 aromatic rings. The van der Waals surface area contributed by atoms with Crippen LogP contribution in [0.15, 0.2) is 18.2 Å². The molecule has 0 radical (unpaired) electrons. The quantitative estimate of drug-likeness (QED) is 0.899. The zero-order valence-corrected chi connectivity index (χ0v) is 12.5. The van der Waals surface area contributed by atoms with Crippen LogP contribution in [0.4, 0.5) is 4.39 Å². The SMILES string of the molecule is NCc1ccc(F)cc1CN1CCC2(O)CCCCC2C1. The van der Waals surface area contributed by atoms with Crippen LogP contribution in [0.25, 0.3) is 0 Å². The van der Waals surface area contributed by atoms with Gasteiger partial charge in [0.15, 0.2) is 0 Å². The van der Waals surface area contributed by atoms with Crippen LogP contribution in [0, 0.1) is 11.7 Å². The van der Waals surface area contributed by atoms with Crippen LogP contribution < -0.4 is 5.73 Å². The first-order valence-electron chi connectivity index (χ1n) is 8.03. The fourth-order valence-corrected chi connectivity index (χ4v) is 3.97. The van der Waals surface area contributed by atoms with E-state index in [1.165, 1.54) is 12.5 Å². The van der Waals surface area contributed by atoms with Gasteiger partial charge >= 0.3 is 0 Å². The summed E-state index contributed by atoms with van der Waals surface area (Å²) in [7, 11) is 0. The molecule has 2 fully saturated rings. The lowest BCUT2D eigenvalue weighted by atomic mass is 9.71. The van der Waals surface area contributed by atoms with Crippen molar-refractivity contribution in [1.82, 2.24) is 4.90 Å². The Balaban J connectivity index is 1.70. The van der Waals surface area contributed by atoms with Crippen LogP contribution in [0.2, 0.25) is 0 Å². The number of nitrogens with zero attached hydrogens (tertiary/aromatic N) is 1. The number of rotatable bonds is 3. The maximum absolute atomic E-state index is 13.5. The molecule has 1 aliphatic heterocycles. The fourth-order valence-electron chi connectivity index (χ4n) is 3.97. The highest BCUT2D eigenvalue weighted by atomic mass is 19.1. The van der Waals surface area contributed by atoms with Crippen LogP contribution in [0.1, 0.15) is 43.2 Å².